The van der Waals surface area contributed by atoms with Gasteiger partial charge in [-0.15, -0.1) is 0 Å². The molecule has 0 rings (SSSR count). The van der Waals surface area contributed by atoms with E-state index in [9.17, 15) is 9.90 Å². The van der Waals surface area contributed by atoms with Gasteiger partial charge in [0, 0.05) is 5.97 Å². The molecule has 0 saturated heterocycles. The molecule has 0 aliphatic heterocycles. The smallest absolute Gasteiger partial charge is 0.550 e. The molecule has 2 nitrogen and oxygen atoms in total. The Labute approximate surface area is 289 Å². The minimum absolute atomic E-state index is 0. The number of carbonyl (C=O) groups is 1. The van der Waals surface area contributed by atoms with Crippen molar-refractivity contribution in [2.45, 2.75) is 225 Å². The quantitative estimate of drug-likeness (QED) is 0.0568. The maximum absolute atomic E-state index is 10.4. The van der Waals surface area contributed by atoms with Crippen LogP contribution in [0.3, 0.4) is 0 Å². The third kappa shape index (κ3) is 41.3. The van der Waals surface area contributed by atoms with E-state index >= 15 is 0 Å². The zero-order valence-corrected chi connectivity index (χ0v) is 30.5. The third-order valence-electron chi connectivity index (χ3n) is 8.48. The molecule has 0 N–H and O–H groups in total. The van der Waals surface area contributed by atoms with Crippen LogP contribution in [0.25, 0.3) is 0 Å². The van der Waals surface area contributed by atoms with Gasteiger partial charge < -0.3 is 9.90 Å². The van der Waals surface area contributed by atoms with Gasteiger partial charge in [0.2, 0.25) is 0 Å². The molecule has 0 saturated carbocycles. The summed E-state index contributed by atoms with van der Waals surface area (Å²) in [5.74, 6) is -0.897. The van der Waals surface area contributed by atoms with Crippen molar-refractivity contribution in [1.82, 2.24) is 0 Å². The number of carboxylic acids is 1. The summed E-state index contributed by atoms with van der Waals surface area (Å²) in [4.78, 5) is 10.4. The largest absolute Gasteiger partial charge is 1.00 e. The standard InChI is InChI=1S/C36H72O2.K/c1-2-3-4-5-6-7-8-9-10-11-12-13-14-15-16-17-18-19-20-21-22-23-24-25-26-27-28-29-30-31-32-33-34-35-36(37)38;/h2-35H2,1H3,(H,37,38);/q;+1/p-1. The van der Waals surface area contributed by atoms with Crippen molar-refractivity contribution in [3.05, 3.63) is 0 Å². The average molecular weight is 575 g/mol. The number of hydrogen-bond acceptors (Lipinski definition) is 2. The molecule has 0 amide bonds. The molecule has 0 fully saturated rings. The Bertz CT molecular complexity index is 440. The topological polar surface area (TPSA) is 40.1 Å². The van der Waals surface area contributed by atoms with E-state index < -0.39 is 5.97 Å². The summed E-state index contributed by atoms with van der Waals surface area (Å²) in [7, 11) is 0. The van der Waals surface area contributed by atoms with Crippen LogP contribution < -0.4 is 56.5 Å². The van der Waals surface area contributed by atoms with E-state index in [-0.39, 0.29) is 57.8 Å². The molecule has 0 aromatic heterocycles. The number of hydrogen-bond donors (Lipinski definition) is 0. The number of carboxylic acid groups (broad SMARTS) is 1. The molecule has 0 bridgehead atoms. The Hall–Kier alpha value is 1.11. The van der Waals surface area contributed by atoms with Crippen molar-refractivity contribution < 1.29 is 61.3 Å². The van der Waals surface area contributed by atoms with Crippen LogP contribution in [0.15, 0.2) is 0 Å². The maximum atomic E-state index is 10.4. The molecule has 39 heavy (non-hydrogen) atoms. The van der Waals surface area contributed by atoms with Gasteiger partial charge in [-0.2, -0.15) is 0 Å². The molecule has 0 aromatic carbocycles. The molecule has 3 heteroatoms. The molecule has 0 radical (unpaired) electrons. The van der Waals surface area contributed by atoms with Gasteiger partial charge in [0.1, 0.15) is 0 Å². The molecular formula is C36H71KO2. The van der Waals surface area contributed by atoms with E-state index in [0.29, 0.717) is 0 Å². The molecule has 0 spiro atoms. The van der Waals surface area contributed by atoms with Crippen LogP contribution in [0.5, 0.6) is 0 Å². The van der Waals surface area contributed by atoms with Gasteiger partial charge in [-0.05, 0) is 12.8 Å². The number of carbonyl (C=O) groups excluding carboxylic acids is 1. The summed E-state index contributed by atoms with van der Waals surface area (Å²) < 4.78 is 0. The first-order chi connectivity index (χ1) is 18.8. The van der Waals surface area contributed by atoms with Crippen LogP contribution in [0.2, 0.25) is 0 Å². The molecule has 228 valence electrons. The van der Waals surface area contributed by atoms with Crippen LogP contribution in [-0.4, -0.2) is 5.97 Å². The van der Waals surface area contributed by atoms with Gasteiger partial charge in [-0.1, -0.05) is 212 Å². The Morgan fingerprint density at radius 3 is 0.641 bits per heavy atom. The van der Waals surface area contributed by atoms with E-state index in [0.717, 1.165) is 12.8 Å². The first-order valence-electron chi connectivity index (χ1n) is 18.0. The summed E-state index contributed by atoms with van der Waals surface area (Å²) in [5, 5.41) is 10.4. The van der Waals surface area contributed by atoms with E-state index in [4.69, 9.17) is 0 Å². The van der Waals surface area contributed by atoms with Gasteiger partial charge in [-0.25, -0.2) is 0 Å². The van der Waals surface area contributed by atoms with Crippen molar-refractivity contribution in [1.29, 1.82) is 0 Å². The monoisotopic (exact) mass is 575 g/mol. The summed E-state index contributed by atoms with van der Waals surface area (Å²) >= 11 is 0. The summed E-state index contributed by atoms with van der Waals surface area (Å²) in [6, 6.07) is 0. The first-order valence-corrected chi connectivity index (χ1v) is 18.0. The van der Waals surface area contributed by atoms with Crippen molar-refractivity contribution >= 4 is 5.97 Å². The van der Waals surface area contributed by atoms with Crippen LogP contribution in [-0.2, 0) is 4.79 Å². The fourth-order valence-electron chi connectivity index (χ4n) is 5.82. The van der Waals surface area contributed by atoms with E-state index in [1.165, 1.54) is 199 Å². The molecule has 0 heterocycles. The number of rotatable bonds is 34. The zero-order valence-electron chi connectivity index (χ0n) is 27.4. The van der Waals surface area contributed by atoms with Gasteiger partial charge in [0.15, 0.2) is 0 Å². The Balaban J connectivity index is 0. The van der Waals surface area contributed by atoms with Crippen molar-refractivity contribution in [3.8, 4) is 0 Å². The number of aliphatic carboxylic acids is 1. The van der Waals surface area contributed by atoms with Crippen LogP contribution >= 0.6 is 0 Å². The fourth-order valence-corrected chi connectivity index (χ4v) is 5.82. The minimum atomic E-state index is -0.897. The van der Waals surface area contributed by atoms with Gasteiger partial charge in [0.05, 0.1) is 0 Å². The minimum Gasteiger partial charge on any atom is -0.550 e. The van der Waals surface area contributed by atoms with Crippen LogP contribution in [0.4, 0.5) is 0 Å². The first kappa shape index (κ1) is 42.2. The van der Waals surface area contributed by atoms with Crippen molar-refractivity contribution in [2.24, 2.45) is 0 Å². The molecule has 0 atom stereocenters. The SMILES string of the molecule is CCCCCCCCCCCCCCCCCCCCCCCCCCCCCCCCCCCC(=O)[O-].[K+]. The summed E-state index contributed by atoms with van der Waals surface area (Å²) in [6.45, 7) is 2.30. The molecular weight excluding hydrogens is 503 g/mol. The predicted molar refractivity (Wildman–Crippen MR) is 168 cm³/mol. The Kier molecular flexibility index (Phi) is 42.4. The third-order valence-corrected chi connectivity index (χ3v) is 8.48. The van der Waals surface area contributed by atoms with E-state index in [1.54, 1.807) is 0 Å². The molecule has 0 aromatic rings. The number of unbranched alkanes of at least 4 members (excludes halogenated alkanes) is 32. The van der Waals surface area contributed by atoms with Crippen LogP contribution in [0.1, 0.15) is 225 Å². The van der Waals surface area contributed by atoms with Crippen molar-refractivity contribution in [3.63, 3.8) is 0 Å². The molecule has 0 unspecified atom stereocenters. The Morgan fingerprint density at radius 1 is 0.333 bits per heavy atom. The molecule has 0 aliphatic carbocycles. The van der Waals surface area contributed by atoms with E-state index in [2.05, 4.69) is 6.92 Å². The zero-order chi connectivity index (χ0) is 27.6. The fraction of sp³-hybridized carbons (Fsp3) is 0.972. The second-order valence-electron chi connectivity index (χ2n) is 12.4. The van der Waals surface area contributed by atoms with Gasteiger partial charge >= 0.3 is 51.4 Å². The van der Waals surface area contributed by atoms with E-state index in [1.807, 2.05) is 0 Å². The summed E-state index contributed by atoms with van der Waals surface area (Å²) in [5.41, 5.74) is 0. The summed E-state index contributed by atoms with van der Waals surface area (Å²) in [6.07, 6.45) is 46.5. The van der Waals surface area contributed by atoms with Gasteiger partial charge in [-0.3, -0.25) is 0 Å². The Morgan fingerprint density at radius 2 is 0.487 bits per heavy atom. The maximum Gasteiger partial charge on any atom is 1.00 e. The molecule has 0 aliphatic rings. The second kappa shape index (κ2) is 39.1. The second-order valence-corrected chi connectivity index (χ2v) is 12.4. The predicted octanol–water partition coefficient (Wildman–Crippen LogP) is 9.02. The average Bonchev–Trinajstić information content (AvgIpc) is 2.91. The van der Waals surface area contributed by atoms with Crippen molar-refractivity contribution in [2.75, 3.05) is 0 Å². The van der Waals surface area contributed by atoms with Crippen LogP contribution in [0, 0.1) is 0 Å². The van der Waals surface area contributed by atoms with Gasteiger partial charge in [0.25, 0.3) is 0 Å². The normalized spacial score (nSPS) is 11.1.